The van der Waals surface area contributed by atoms with Crippen molar-refractivity contribution in [3.8, 4) is 0 Å². The number of nitrogens with one attached hydrogen (secondary N) is 1. The summed E-state index contributed by atoms with van der Waals surface area (Å²) < 4.78 is 5.27. The van der Waals surface area contributed by atoms with Gasteiger partial charge in [0.25, 0.3) is 0 Å². The largest absolute Gasteiger partial charge is 0.466 e. The number of ether oxygens (including phenoxy) is 1. The van der Waals surface area contributed by atoms with Crippen molar-refractivity contribution in [2.45, 2.75) is 39.3 Å². The van der Waals surface area contributed by atoms with Crippen molar-refractivity contribution in [1.29, 1.82) is 0 Å². The summed E-state index contributed by atoms with van der Waals surface area (Å²) in [7, 11) is 0. The Balaban J connectivity index is 1.85. The van der Waals surface area contributed by atoms with Crippen molar-refractivity contribution in [2.75, 3.05) is 19.8 Å². The number of amides is 2. The van der Waals surface area contributed by atoms with Gasteiger partial charge in [0.15, 0.2) is 0 Å². The summed E-state index contributed by atoms with van der Waals surface area (Å²) in [4.78, 5) is 41.0. The van der Waals surface area contributed by atoms with E-state index in [1.807, 2.05) is 49.4 Å². The van der Waals surface area contributed by atoms with Gasteiger partial charge in [0.1, 0.15) is 6.04 Å². The molecule has 1 aliphatic carbocycles. The number of fused-ring (bicyclic) bond motifs is 1. The van der Waals surface area contributed by atoms with Gasteiger partial charge < -0.3 is 20.1 Å². The Kier molecular flexibility index (Phi) is 7.85. The second kappa shape index (κ2) is 10.6. The highest BCUT2D eigenvalue weighted by Gasteiger charge is 2.56. The first kappa shape index (κ1) is 23.0. The van der Waals surface area contributed by atoms with Crippen molar-refractivity contribution in [1.82, 2.24) is 10.2 Å². The maximum atomic E-state index is 13.4. The Morgan fingerprint density at radius 1 is 1.16 bits per heavy atom. The topological polar surface area (TPSA) is 95.9 Å². The molecule has 1 heterocycles. The van der Waals surface area contributed by atoms with Crippen LogP contribution < -0.4 is 5.32 Å². The van der Waals surface area contributed by atoms with E-state index in [1.165, 1.54) is 0 Å². The van der Waals surface area contributed by atoms with Crippen LogP contribution in [0.4, 0.5) is 0 Å². The summed E-state index contributed by atoms with van der Waals surface area (Å²) >= 11 is 0. The van der Waals surface area contributed by atoms with Gasteiger partial charge in [0.05, 0.1) is 18.4 Å². The Labute approximate surface area is 183 Å². The molecule has 1 fully saturated rings. The van der Waals surface area contributed by atoms with E-state index in [0.29, 0.717) is 25.9 Å². The Bertz CT molecular complexity index is 809. The Morgan fingerprint density at radius 3 is 2.58 bits per heavy atom. The molecule has 2 amide bonds. The third-order valence-electron chi connectivity index (χ3n) is 6.22. The highest BCUT2D eigenvalue weighted by molar-refractivity contribution is 5.96. The summed E-state index contributed by atoms with van der Waals surface area (Å²) in [5.41, 5.74) is 0.973. The van der Waals surface area contributed by atoms with E-state index in [-0.39, 0.29) is 42.8 Å². The lowest BCUT2D eigenvalue weighted by Crippen LogP contribution is -2.47. The maximum Gasteiger partial charge on any atom is 0.310 e. The number of hydrogen-bond donors (Lipinski definition) is 2. The first-order chi connectivity index (χ1) is 15.0. The van der Waals surface area contributed by atoms with E-state index in [4.69, 9.17) is 9.84 Å². The molecule has 5 atom stereocenters. The van der Waals surface area contributed by atoms with Crippen LogP contribution in [0, 0.1) is 23.7 Å². The number of nitrogens with zero attached hydrogens (tertiary/aromatic N) is 1. The van der Waals surface area contributed by atoms with E-state index < -0.39 is 17.9 Å². The van der Waals surface area contributed by atoms with E-state index in [9.17, 15) is 14.4 Å². The van der Waals surface area contributed by atoms with Crippen LogP contribution in [0.1, 0.15) is 32.3 Å². The highest BCUT2D eigenvalue weighted by Crippen LogP contribution is 2.44. The molecule has 31 heavy (non-hydrogen) atoms. The number of benzene rings is 1. The molecule has 0 saturated carbocycles. The van der Waals surface area contributed by atoms with E-state index in [0.717, 1.165) is 5.56 Å². The number of carbonyl (C=O) groups excluding carboxylic acids is 3. The van der Waals surface area contributed by atoms with Crippen LogP contribution in [-0.4, -0.2) is 53.6 Å². The maximum absolute atomic E-state index is 13.4. The number of aliphatic hydroxyl groups is 1. The van der Waals surface area contributed by atoms with E-state index in [1.54, 1.807) is 11.8 Å². The second-order valence-corrected chi connectivity index (χ2v) is 8.24. The van der Waals surface area contributed by atoms with Crippen LogP contribution >= 0.6 is 0 Å². The van der Waals surface area contributed by atoms with Crippen LogP contribution in [0.25, 0.3) is 0 Å². The predicted molar refractivity (Wildman–Crippen MR) is 116 cm³/mol. The number of carbonyl (C=O) groups is 3. The lowest BCUT2D eigenvalue weighted by atomic mass is 9.70. The predicted octanol–water partition coefficient (Wildman–Crippen LogP) is 1.90. The molecule has 1 aromatic carbocycles. The fourth-order valence-corrected chi connectivity index (χ4v) is 4.71. The number of esters is 1. The van der Waals surface area contributed by atoms with E-state index >= 15 is 0 Å². The van der Waals surface area contributed by atoms with Crippen LogP contribution in [0.5, 0.6) is 0 Å². The van der Waals surface area contributed by atoms with Gasteiger partial charge in [-0.3, -0.25) is 14.4 Å². The van der Waals surface area contributed by atoms with Gasteiger partial charge >= 0.3 is 5.97 Å². The molecule has 168 valence electrons. The van der Waals surface area contributed by atoms with Crippen molar-refractivity contribution >= 4 is 17.8 Å². The molecule has 0 bridgehead atoms. The minimum Gasteiger partial charge on any atom is -0.466 e. The monoisotopic (exact) mass is 428 g/mol. The lowest BCUT2D eigenvalue weighted by molar-refractivity contribution is -0.155. The van der Waals surface area contributed by atoms with Gasteiger partial charge in [0.2, 0.25) is 11.8 Å². The number of likely N-dealkylation sites (tertiary alicyclic amines) is 1. The molecule has 1 aliphatic heterocycles. The molecule has 0 spiro atoms. The lowest BCUT2D eigenvalue weighted by Gasteiger charge is -2.32. The quantitative estimate of drug-likeness (QED) is 0.356. The average Bonchev–Trinajstić information content (AvgIpc) is 3.05. The highest BCUT2D eigenvalue weighted by atomic mass is 16.5. The minimum atomic E-state index is -0.680. The van der Waals surface area contributed by atoms with Gasteiger partial charge in [-0.15, -0.1) is 0 Å². The molecule has 3 rings (SSSR count). The summed E-state index contributed by atoms with van der Waals surface area (Å²) in [6.07, 6.45) is 4.98. The summed E-state index contributed by atoms with van der Waals surface area (Å²) in [5, 5.41) is 12.1. The first-order valence-corrected chi connectivity index (χ1v) is 11.1. The van der Waals surface area contributed by atoms with Gasteiger partial charge in [0, 0.05) is 25.6 Å². The summed E-state index contributed by atoms with van der Waals surface area (Å²) in [6.45, 7) is 4.67. The fourth-order valence-electron chi connectivity index (χ4n) is 4.71. The van der Waals surface area contributed by atoms with Crippen molar-refractivity contribution in [2.24, 2.45) is 23.7 Å². The Hall–Kier alpha value is -2.67. The molecule has 0 radical (unpaired) electrons. The number of unbranched alkanes of at least 4 members (excludes halogenated alkanes) is 1. The van der Waals surface area contributed by atoms with Gasteiger partial charge in [-0.2, -0.15) is 0 Å². The molecule has 2 aliphatic rings. The molecule has 1 saturated heterocycles. The van der Waals surface area contributed by atoms with Crippen molar-refractivity contribution < 1.29 is 24.2 Å². The molecule has 0 aromatic heterocycles. The zero-order chi connectivity index (χ0) is 22.4. The molecule has 7 nitrogen and oxygen atoms in total. The molecular weight excluding hydrogens is 396 g/mol. The van der Waals surface area contributed by atoms with Gasteiger partial charge in [-0.25, -0.2) is 0 Å². The second-order valence-electron chi connectivity index (χ2n) is 8.24. The van der Waals surface area contributed by atoms with Crippen LogP contribution in [-0.2, 0) is 25.7 Å². The molecule has 0 unspecified atom stereocenters. The molecular formula is C24H32N2O5. The van der Waals surface area contributed by atoms with Gasteiger partial charge in [-0.05, 0) is 31.2 Å². The standard InChI is InChI=1S/C24H32N2O5/c1-3-31-24(30)19-16(2)11-12-18-20(19)23(29)26(13-7-8-14-27)21(18)22(28)25-15-17-9-5-4-6-10-17/h4-6,9-12,16,18-21,27H,3,7-8,13-15H2,1-2H3,(H,25,28)/t16-,18+,19-,20-,21+/m1/s1. The molecule has 1 aromatic rings. The molecule has 7 heteroatoms. The number of allylic oxidation sites excluding steroid dienone is 1. The zero-order valence-electron chi connectivity index (χ0n) is 18.2. The first-order valence-electron chi connectivity index (χ1n) is 11.1. The smallest absolute Gasteiger partial charge is 0.310 e. The Morgan fingerprint density at radius 2 is 1.90 bits per heavy atom. The molecule has 2 N–H and O–H groups in total. The number of rotatable bonds is 9. The van der Waals surface area contributed by atoms with Gasteiger partial charge in [-0.1, -0.05) is 49.4 Å². The van der Waals surface area contributed by atoms with Crippen molar-refractivity contribution in [3.63, 3.8) is 0 Å². The summed E-state index contributed by atoms with van der Waals surface area (Å²) in [5.74, 6) is -2.54. The number of hydrogen-bond acceptors (Lipinski definition) is 5. The SMILES string of the molecule is CCOC(=O)[C@H]1[C@@H]2C(=O)N(CCCCO)[C@H](C(=O)NCc3ccccc3)[C@H]2C=C[C@H]1C. The normalized spacial score (nSPS) is 27.1. The van der Waals surface area contributed by atoms with Crippen molar-refractivity contribution in [3.05, 3.63) is 48.0 Å². The summed E-state index contributed by atoms with van der Waals surface area (Å²) in [6, 6.07) is 8.92. The van der Waals surface area contributed by atoms with Crippen LogP contribution in [0.3, 0.4) is 0 Å². The zero-order valence-corrected chi connectivity index (χ0v) is 18.2. The number of aliphatic hydroxyl groups excluding tert-OH is 1. The van der Waals surface area contributed by atoms with Crippen LogP contribution in [0.2, 0.25) is 0 Å². The third-order valence-corrected chi connectivity index (χ3v) is 6.22. The van der Waals surface area contributed by atoms with Crippen LogP contribution in [0.15, 0.2) is 42.5 Å². The minimum absolute atomic E-state index is 0.0299. The van der Waals surface area contributed by atoms with E-state index in [2.05, 4.69) is 5.32 Å². The average molecular weight is 429 g/mol. The fraction of sp³-hybridized carbons (Fsp3) is 0.542. The third kappa shape index (κ3) is 4.98.